The minimum atomic E-state index is -1.04. The first-order valence-electron chi connectivity index (χ1n) is 3.23. The van der Waals surface area contributed by atoms with Crippen LogP contribution >= 0.6 is 0 Å². The molecular weight excluding hydrogens is 160 g/mol. The Morgan fingerprint density at radius 2 is 2.33 bits per heavy atom. The molecule has 5 nitrogen and oxygen atoms in total. The van der Waals surface area contributed by atoms with E-state index in [0.29, 0.717) is 5.52 Å². The second-order valence-electron chi connectivity index (χ2n) is 2.23. The van der Waals surface area contributed by atoms with Crippen LogP contribution in [0.25, 0.3) is 11.1 Å². The molecule has 1 aromatic carbocycles. The number of hydrogen-bond acceptors (Lipinski definition) is 4. The molecule has 0 amide bonds. The first-order valence-corrected chi connectivity index (χ1v) is 3.23. The van der Waals surface area contributed by atoms with E-state index in [0.717, 1.165) is 0 Å². The van der Waals surface area contributed by atoms with Gasteiger partial charge in [-0.25, -0.2) is 4.79 Å². The maximum Gasteiger partial charge on any atom is 0.339 e. The van der Waals surface area contributed by atoms with Crippen LogP contribution < -0.4 is 0 Å². The molecule has 1 aromatic heterocycles. The van der Waals surface area contributed by atoms with Crippen LogP contribution in [0.3, 0.4) is 0 Å². The molecule has 12 heavy (non-hydrogen) atoms. The number of fused-ring (bicyclic) bond motifs is 1. The second-order valence-corrected chi connectivity index (χ2v) is 2.23. The molecule has 1 N–H and O–H groups in total. The molecule has 60 valence electrons. The van der Waals surface area contributed by atoms with E-state index in [1.54, 1.807) is 12.1 Å². The van der Waals surface area contributed by atoms with E-state index < -0.39 is 5.97 Å². The predicted molar refractivity (Wildman–Crippen MR) is 38.8 cm³/mol. The highest BCUT2D eigenvalue weighted by molar-refractivity contribution is 5.99. The molecule has 0 bridgehead atoms. The fourth-order valence-electron chi connectivity index (χ4n) is 0.973. The highest BCUT2D eigenvalue weighted by Crippen LogP contribution is 2.15. The highest BCUT2D eigenvalue weighted by atomic mass is 16.5. The van der Waals surface area contributed by atoms with E-state index in [-0.39, 0.29) is 11.1 Å². The summed E-state index contributed by atoms with van der Waals surface area (Å²) in [4.78, 5) is 10.6. The van der Waals surface area contributed by atoms with Crippen LogP contribution in [0.1, 0.15) is 10.4 Å². The first-order chi connectivity index (χ1) is 5.79. The van der Waals surface area contributed by atoms with E-state index in [9.17, 15) is 4.79 Å². The minimum Gasteiger partial charge on any atom is -0.478 e. The molecule has 5 heteroatoms. The van der Waals surface area contributed by atoms with Crippen molar-refractivity contribution in [1.82, 2.24) is 10.4 Å². The van der Waals surface area contributed by atoms with Gasteiger partial charge in [-0.05, 0) is 12.1 Å². The number of carbonyl (C=O) groups is 1. The molecule has 0 aliphatic heterocycles. The molecular formula is C7H4N2O3. The van der Waals surface area contributed by atoms with Crippen molar-refractivity contribution in [3.05, 3.63) is 23.8 Å². The zero-order valence-electron chi connectivity index (χ0n) is 5.89. The van der Waals surface area contributed by atoms with Crippen LogP contribution in [0.15, 0.2) is 22.7 Å². The van der Waals surface area contributed by atoms with Crippen molar-refractivity contribution in [2.24, 2.45) is 0 Å². The van der Waals surface area contributed by atoms with Crippen LogP contribution in [0, 0.1) is 0 Å². The van der Waals surface area contributed by atoms with Crippen molar-refractivity contribution in [2.75, 3.05) is 0 Å². The van der Waals surface area contributed by atoms with Gasteiger partial charge < -0.3 is 9.63 Å². The van der Waals surface area contributed by atoms with Gasteiger partial charge in [0.2, 0.25) is 5.58 Å². The van der Waals surface area contributed by atoms with Gasteiger partial charge in [-0.15, -0.1) is 5.10 Å². The Hall–Kier alpha value is -1.91. The summed E-state index contributed by atoms with van der Waals surface area (Å²) in [5.74, 6) is -1.04. The zero-order chi connectivity index (χ0) is 8.55. The molecule has 0 saturated heterocycles. The van der Waals surface area contributed by atoms with Gasteiger partial charge in [0.1, 0.15) is 11.1 Å². The van der Waals surface area contributed by atoms with Crippen molar-refractivity contribution < 1.29 is 14.4 Å². The number of nitrogens with zero attached hydrogens (tertiary/aromatic N) is 2. The molecule has 0 radical (unpaired) electrons. The fraction of sp³-hybridized carbons (Fsp3) is 0. The van der Waals surface area contributed by atoms with E-state index in [1.807, 2.05) is 0 Å². The number of aromatic nitrogens is 2. The molecule has 2 rings (SSSR count). The van der Waals surface area contributed by atoms with Crippen LogP contribution in [-0.4, -0.2) is 21.4 Å². The Labute approximate surface area is 66.6 Å². The van der Waals surface area contributed by atoms with E-state index >= 15 is 0 Å². The molecule has 0 aliphatic rings. The summed E-state index contributed by atoms with van der Waals surface area (Å²) in [6.45, 7) is 0. The van der Waals surface area contributed by atoms with E-state index in [2.05, 4.69) is 14.9 Å². The third-order valence-electron chi connectivity index (χ3n) is 1.51. The quantitative estimate of drug-likeness (QED) is 0.678. The molecule has 0 spiro atoms. The number of carboxylic acids is 1. The van der Waals surface area contributed by atoms with Gasteiger partial charge in [0.25, 0.3) is 0 Å². The lowest BCUT2D eigenvalue weighted by Crippen LogP contribution is -1.95. The van der Waals surface area contributed by atoms with Crippen LogP contribution in [0.5, 0.6) is 0 Å². The van der Waals surface area contributed by atoms with Gasteiger partial charge in [0.15, 0.2) is 0 Å². The Kier molecular flexibility index (Phi) is 1.30. The van der Waals surface area contributed by atoms with Gasteiger partial charge in [-0.2, -0.15) is 0 Å². The van der Waals surface area contributed by atoms with Crippen molar-refractivity contribution >= 4 is 17.1 Å². The second kappa shape index (κ2) is 2.30. The number of benzene rings is 1. The number of hydrogen-bond donors (Lipinski definition) is 1. The molecule has 0 unspecified atom stereocenters. The summed E-state index contributed by atoms with van der Waals surface area (Å²) in [5.41, 5.74) is 0.748. The summed E-state index contributed by atoms with van der Waals surface area (Å²) >= 11 is 0. The molecule has 0 fully saturated rings. The Bertz CT molecular complexity index is 435. The number of rotatable bonds is 1. The third kappa shape index (κ3) is 0.833. The molecule has 0 saturated carbocycles. The van der Waals surface area contributed by atoms with Gasteiger partial charge in [0.05, 0.1) is 0 Å². The molecule has 2 aromatic rings. The summed E-state index contributed by atoms with van der Waals surface area (Å²) < 4.78 is 4.67. The van der Waals surface area contributed by atoms with Crippen molar-refractivity contribution in [3.63, 3.8) is 0 Å². The Morgan fingerprint density at radius 1 is 1.50 bits per heavy atom. The smallest absolute Gasteiger partial charge is 0.339 e. The van der Waals surface area contributed by atoms with Crippen molar-refractivity contribution in [3.8, 4) is 0 Å². The average Bonchev–Trinajstić information content (AvgIpc) is 2.49. The topological polar surface area (TPSA) is 76.2 Å². The van der Waals surface area contributed by atoms with E-state index in [4.69, 9.17) is 5.11 Å². The van der Waals surface area contributed by atoms with Gasteiger partial charge in [0, 0.05) is 5.27 Å². The van der Waals surface area contributed by atoms with E-state index in [1.165, 1.54) is 6.07 Å². The van der Waals surface area contributed by atoms with Gasteiger partial charge >= 0.3 is 5.97 Å². The highest BCUT2D eigenvalue weighted by Gasteiger charge is 2.11. The minimum absolute atomic E-state index is 0.0810. The SMILES string of the molecule is O=C(O)c1cccc2nnoc12. The normalized spacial score (nSPS) is 10.3. The number of carboxylic acid groups (broad SMARTS) is 1. The average molecular weight is 164 g/mol. The van der Waals surface area contributed by atoms with Crippen LogP contribution in [0.2, 0.25) is 0 Å². The molecule has 0 atom stereocenters. The van der Waals surface area contributed by atoms with Crippen molar-refractivity contribution in [1.29, 1.82) is 0 Å². The maximum absolute atomic E-state index is 10.6. The van der Waals surface area contributed by atoms with Gasteiger partial charge in [-0.3, -0.25) is 0 Å². The largest absolute Gasteiger partial charge is 0.478 e. The molecule has 1 heterocycles. The Morgan fingerprint density at radius 3 is 3.08 bits per heavy atom. The summed E-state index contributed by atoms with van der Waals surface area (Å²) in [5, 5.41) is 15.5. The number of aromatic carboxylic acids is 1. The Balaban J connectivity index is 2.82. The summed E-state index contributed by atoms with van der Waals surface area (Å²) in [6.07, 6.45) is 0. The lowest BCUT2D eigenvalue weighted by Gasteiger charge is -1.90. The summed E-state index contributed by atoms with van der Waals surface area (Å²) in [6, 6.07) is 4.67. The third-order valence-corrected chi connectivity index (χ3v) is 1.51. The van der Waals surface area contributed by atoms with Crippen molar-refractivity contribution in [2.45, 2.75) is 0 Å². The monoisotopic (exact) mass is 164 g/mol. The lowest BCUT2D eigenvalue weighted by atomic mass is 10.2. The standard InChI is InChI=1S/C7H4N2O3/c10-7(11)4-2-1-3-5-6(4)12-9-8-5/h1-3H,(H,10,11). The first kappa shape index (κ1) is 6.78. The maximum atomic E-state index is 10.6. The zero-order valence-corrected chi connectivity index (χ0v) is 5.89. The lowest BCUT2D eigenvalue weighted by molar-refractivity contribution is 0.0697. The van der Waals surface area contributed by atoms with Gasteiger partial charge in [-0.1, -0.05) is 6.07 Å². The molecule has 0 aliphatic carbocycles. The van der Waals surface area contributed by atoms with Crippen LogP contribution in [0.4, 0.5) is 0 Å². The van der Waals surface area contributed by atoms with Crippen LogP contribution in [-0.2, 0) is 0 Å². The predicted octanol–water partition coefficient (Wildman–Crippen LogP) is 0.921. The number of para-hydroxylation sites is 1. The fourth-order valence-corrected chi connectivity index (χ4v) is 0.973. The summed E-state index contributed by atoms with van der Waals surface area (Å²) in [7, 11) is 0.